The van der Waals surface area contributed by atoms with Gasteiger partial charge in [0.2, 0.25) is 0 Å². The molecular weight excluding hydrogens is 294 g/mol. The van der Waals surface area contributed by atoms with Crippen LogP contribution in [0, 0.1) is 13.8 Å². The van der Waals surface area contributed by atoms with Gasteiger partial charge >= 0.3 is 0 Å². The summed E-state index contributed by atoms with van der Waals surface area (Å²) in [7, 11) is 0. The first-order valence-electron chi connectivity index (χ1n) is 7.04. The average molecular weight is 311 g/mol. The molecule has 3 N–H and O–H groups in total. The second kappa shape index (κ2) is 5.77. The molecule has 0 aliphatic rings. The van der Waals surface area contributed by atoms with Crippen molar-refractivity contribution in [3.05, 3.63) is 58.1 Å². The highest BCUT2D eigenvalue weighted by Gasteiger charge is 2.18. The van der Waals surface area contributed by atoms with Crippen molar-refractivity contribution in [3.63, 3.8) is 0 Å². The number of nitrogens with one attached hydrogen (secondary N) is 1. The van der Waals surface area contributed by atoms with Crippen molar-refractivity contribution in [3.8, 4) is 0 Å². The number of rotatable bonds is 3. The van der Waals surface area contributed by atoms with Crippen LogP contribution in [-0.2, 0) is 6.54 Å². The Morgan fingerprint density at radius 3 is 2.73 bits per heavy atom. The lowest BCUT2D eigenvalue weighted by Crippen LogP contribution is -2.22. The fraction of sp³-hybridized carbons (Fsp3) is 0.176. The Bertz CT molecular complexity index is 840. The molecule has 112 valence electrons. The summed E-state index contributed by atoms with van der Waals surface area (Å²) in [5, 5.41) is 3.80. The van der Waals surface area contributed by atoms with Crippen LogP contribution in [0.2, 0.25) is 0 Å². The third kappa shape index (κ3) is 2.67. The van der Waals surface area contributed by atoms with Gasteiger partial charge in [0.1, 0.15) is 9.71 Å². The second-order valence-electron chi connectivity index (χ2n) is 5.27. The highest BCUT2D eigenvalue weighted by Crippen LogP contribution is 2.34. The number of hydrogen-bond acceptors (Lipinski definition) is 4. The van der Waals surface area contributed by atoms with E-state index in [1.54, 1.807) is 0 Å². The van der Waals surface area contributed by atoms with Crippen LogP contribution in [0.25, 0.3) is 10.2 Å². The first kappa shape index (κ1) is 14.5. The predicted octanol–water partition coefficient (Wildman–Crippen LogP) is 3.43. The van der Waals surface area contributed by atoms with E-state index in [1.165, 1.54) is 11.3 Å². The lowest BCUT2D eigenvalue weighted by Gasteiger charge is -2.04. The van der Waals surface area contributed by atoms with Gasteiger partial charge in [-0.2, -0.15) is 0 Å². The van der Waals surface area contributed by atoms with Crippen LogP contribution in [0.15, 0.2) is 36.4 Å². The minimum atomic E-state index is -0.151. The molecule has 1 amide bonds. The molecule has 0 spiro atoms. The summed E-state index contributed by atoms with van der Waals surface area (Å²) in [6.07, 6.45) is 0. The number of fused-ring (bicyclic) bond motifs is 1. The molecule has 0 fully saturated rings. The summed E-state index contributed by atoms with van der Waals surface area (Å²) < 4.78 is 0. The number of hydrogen-bond donors (Lipinski definition) is 2. The SMILES string of the molecule is Cc1cc(C)c2c(N)c(C(=O)NCc3ccccc3)sc2n1. The summed E-state index contributed by atoms with van der Waals surface area (Å²) >= 11 is 1.35. The largest absolute Gasteiger partial charge is 0.397 e. The molecule has 0 atom stereocenters. The molecule has 2 aromatic heterocycles. The van der Waals surface area contributed by atoms with E-state index >= 15 is 0 Å². The van der Waals surface area contributed by atoms with Crippen molar-refractivity contribution in [2.45, 2.75) is 20.4 Å². The maximum Gasteiger partial charge on any atom is 0.263 e. The summed E-state index contributed by atoms with van der Waals surface area (Å²) in [4.78, 5) is 18.2. The van der Waals surface area contributed by atoms with Crippen molar-refractivity contribution in [1.82, 2.24) is 10.3 Å². The van der Waals surface area contributed by atoms with Crippen LogP contribution in [0.1, 0.15) is 26.5 Å². The zero-order valence-corrected chi connectivity index (χ0v) is 13.3. The second-order valence-corrected chi connectivity index (χ2v) is 6.27. The van der Waals surface area contributed by atoms with E-state index in [4.69, 9.17) is 5.73 Å². The normalized spacial score (nSPS) is 10.8. The van der Waals surface area contributed by atoms with Gasteiger partial charge in [-0.05, 0) is 31.0 Å². The smallest absolute Gasteiger partial charge is 0.263 e. The summed E-state index contributed by atoms with van der Waals surface area (Å²) in [5.41, 5.74) is 9.74. The Hall–Kier alpha value is -2.40. The number of aromatic nitrogens is 1. The topological polar surface area (TPSA) is 68.0 Å². The zero-order chi connectivity index (χ0) is 15.7. The van der Waals surface area contributed by atoms with Crippen LogP contribution >= 0.6 is 11.3 Å². The number of pyridine rings is 1. The molecule has 3 aromatic rings. The molecule has 0 aliphatic heterocycles. The first-order chi connectivity index (χ1) is 10.6. The van der Waals surface area contributed by atoms with Crippen LogP contribution in [0.4, 0.5) is 5.69 Å². The van der Waals surface area contributed by atoms with Crippen LogP contribution in [-0.4, -0.2) is 10.9 Å². The Labute approximate surface area is 133 Å². The van der Waals surface area contributed by atoms with Crippen LogP contribution in [0.3, 0.4) is 0 Å². The van der Waals surface area contributed by atoms with E-state index < -0.39 is 0 Å². The quantitative estimate of drug-likeness (QED) is 0.778. The summed E-state index contributed by atoms with van der Waals surface area (Å²) in [6.45, 7) is 4.42. The average Bonchev–Trinajstić information content (AvgIpc) is 2.83. The number of nitrogen functional groups attached to an aromatic ring is 1. The maximum atomic E-state index is 12.4. The molecule has 3 rings (SSSR count). The van der Waals surface area contributed by atoms with Gasteiger partial charge in [-0.1, -0.05) is 30.3 Å². The lowest BCUT2D eigenvalue weighted by atomic mass is 10.1. The van der Waals surface area contributed by atoms with E-state index in [9.17, 15) is 4.79 Å². The van der Waals surface area contributed by atoms with E-state index in [0.29, 0.717) is 17.1 Å². The molecular formula is C17H17N3OS. The maximum absolute atomic E-state index is 12.4. The molecule has 0 unspecified atom stereocenters. The number of carbonyl (C=O) groups excluding carboxylic acids is 1. The molecule has 4 nitrogen and oxygen atoms in total. The summed E-state index contributed by atoms with van der Waals surface area (Å²) in [6, 6.07) is 11.8. The zero-order valence-electron chi connectivity index (χ0n) is 12.5. The van der Waals surface area contributed by atoms with Crippen molar-refractivity contribution < 1.29 is 4.79 Å². The number of amides is 1. The molecule has 0 radical (unpaired) electrons. The molecule has 0 saturated carbocycles. The number of anilines is 1. The Morgan fingerprint density at radius 2 is 2.00 bits per heavy atom. The van der Waals surface area contributed by atoms with Gasteiger partial charge in [-0.3, -0.25) is 4.79 Å². The minimum Gasteiger partial charge on any atom is -0.397 e. The lowest BCUT2D eigenvalue weighted by molar-refractivity contribution is 0.0956. The molecule has 22 heavy (non-hydrogen) atoms. The molecule has 0 aliphatic carbocycles. The Kier molecular flexibility index (Phi) is 3.81. The number of thiophene rings is 1. The van der Waals surface area contributed by atoms with Crippen molar-refractivity contribution in [2.75, 3.05) is 5.73 Å². The standard InChI is InChI=1S/C17H17N3OS/c1-10-8-11(2)20-17-13(10)14(18)15(22-17)16(21)19-9-12-6-4-3-5-7-12/h3-8H,9,18H2,1-2H3,(H,19,21). The van der Waals surface area contributed by atoms with E-state index in [2.05, 4.69) is 10.3 Å². The third-order valence-electron chi connectivity index (χ3n) is 3.53. The van der Waals surface area contributed by atoms with Gasteiger partial charge in [0.05, 0.1) is 5.69 Å². The molecule has 0 saturated heterocycles. The Morgan fingerprint density at radius 1 is 1.27 bits per heavy atom. The van der Waals surface area contributed by atoms with Crippen LogP contribution in [0.5, 0.6) is 0 Å². The first-order valence-corrected chi connectivity index (χ1v) is 7.86. The van der Waals surface area contributed by atoms with Gasteiger partial charge in [-0.25, -0.2) is 4.98 Å². The van der Waals surface area contributed by atoms with Crippen molar-refractivity contribution >= 4 is 33.1 Å². The number of carbonyl (C=O) groups is 1. The minimum absolute atomic E-state index is 0.151. The Balaban J connectivity index is 1.88. The van der Waals surface area contributed by atoms with Gasteiger partial charge < -0.3 is 11.1 Å². The fourth-order valence-corrected chi connectivity index (χ4v) is 3.63. The highest BCUT2D eigenvalue weighted by molar-refractivity contribution is 7.21. The molecule has 1 aromatic carbocycles. The van der Waals surface area contributed by atoms with E-state index in [-0.39, 0.29) is 5.91 Å². The molecule has 2 heterocycles. The molecule has 0 bridgehead atoms. The number of benzene rings is 1. The van der Waals surface area contributed by atoms with Gasteiger partial charge in [0, 0.05) is 17.6 Å². The van der Waals surface area contributed by atoms with Gasteiger partial charge in [0.15, 0.2) is 0 Å². The predicted molar refractivity (Wildman–Crippen MR) is 91.1 cm³/mol. The van der Waals surface area contributed by atoms with Crippen molar-refractivity contribution in [1.29, 1.82) is 0 Å². The van der Waals surface area contributed by atoms with Gasteiger partial charge in [0.25, 0.3) is 5.91 Å². The third-order valence-corrected chi connectivity index (χ3v) is 4.62. The van der Waals surface area contributed by atoms with Crippen LogP contribution < -0.4 is 11.1 Å². The highest BCUT2D eigenvalue weighted by atomic mass is 32.1. The molecule has 5 heteroatoms. The van der Waals surface area contributed by atoms with E-state index in [0.717, 1.165) is 27.0 Å². The number of nitrogens with zero attached hydrogens (tertiary/aromatic N) is 1. The van der Waals surface area contributed by atoms with E-state index in [1.807, 2.05) is 50.2 Å². The van der Waals surface area contributed by atoms with Gasteiger partial charge in [-0.15, -0.1) is 11.3 Å². The monoisotopic (exact) mass is 311 g/mol. The number of aryl methyl sites for hydroxylation is 2. The van der Waals surface area contributed by atoms with Crippen molar-refractivity contribution in [2.24, 2.45) is 0 Å². The fourth-order valence-electron chi connectivity index (χ4n) is 2.50. The number of nitrogens with two attached hydrogens (primary N) is 1. The summed E-state index contributed by atoms with van der Waals surface area (Å²) in [5.74, 6) is -0.151.